The van der Waals surface area contributed by atoms with E-state index < -0.39 is 6.04 Å². The summed E-state index contributed by atoms with van der Waals surface area (Å²) in [5.41, 5.74) is 0. The molecule has 120 valence electrons. The minimum Gasteiger partial charge on any atom is -0.342 e. The average molecular weight is 312 g/mol. The molecule has 5 heteroatoms. The highest BCUT2D eigenvalue weighted by Gasteiger charge is 2.40. The third kappa shape index (κ3) is 4.15. The van der Waals surface area contributed by atoms with Crippen LogP contribution in [-0.4, -0.2) is 41.1 Å². The highest BCUT2D eigenvalue weighted by Crippen LogP contribution is 2.27. The van der Waals surface area contributed by atoms with Crippen LogP contribution in [-0.2, 0) is 9.59 Å². The Hall–Kier alpha value is -0.710. The molecule has 1 saturated heterocycles. The van der Waals surface area contributed by atoms with Gasteiger partial charge < -0.3 is 10.2 Å². The molecule has 2 atom stereocenters. The molecule has 1 saturated carbocycles. The Morgan fingerprint density at radius 2 is 1.95 bits per heavy atom. The Bertz CT molecular complexity index is 369. The lowest BCUT2D eigenvalue weighted by molar-refractivity contribution is -0.149. The summed E-state index contributed by atoms with van der Waals surface area (Å²) in [7, 11) is 0. The van der Waals surface area contributed by atoms with Gasteiger partial charge in [0.2, 0.25) is 11.8 Å². The number of carbonyl (C=O) groups is 2. The molecule has 2 rings (SSSR count). The predicted octanol–water partition coefficient (Wildman–Crippen LogP) is 2.38. The maximum atomic E-state index is 12.6. The summed E-state index contributed by atoms with van der Waals surface area (Å²) in [6.45, 7) is 2.87. The van der Waals surface area contributed by atoms with Crippen LogP contribution in [0.25, 0.3) is 0 Å². The van der Waals surface area contributed by atoms with E-state index in [1.54, 1.807) is 0 Å². The molecular weight excluding hydrogens is 284 g/mol. The van der Waals surface area contributed by atoms with Gasteiger partial charge in [0.15, 0.2) is 0 Å². The van der Waals surface area contributed by atoms with Gasteiger partial charge in [-0.25, -0.2) is 0 Å². The Kier molecular flexibility index (Phi) is 6.40. The summed E-state index contributed by atoms with van der Waals surface area (Å²) in [6, 6.07) is -0.710. The van der Waals surface area contributed by atoms with E-state index in [1.165, 1.54) is 32.1 Å². The van der Waals surface area contributed by atoms with Gasteiger partial charge in [-0.15, -0.1) is 0 Å². The first-order valence-electron chi connectivity index (χ1n) is 8.39. The van der Waals surface area contributed by atoms with Crippen LogP contribution in [0, 0.1) is 5.92 Å². The van der Waals surface area contributed by atoms with E-state index in [4.69, 9.17) is 0 Å². The van der Waals surface area contributed by atoms with Gasteiger partial charge in [0.05, 0.1) is 0 Å². The maximum absolute atomic E-state index is 12.6. The number of nitrogens with one attached hydrogen (secondary N) is 1. The van der Waals surface area contributed by atoms with Crippen LogP contribution < -0.4 is 5.32 Å². The second-order valence-corrected chi connectivity index (χ2v) is 6.76. The lowest BCUT2D eigenvalue weighted by atomic mass is 9.88. The van der Waals surface area contributed by atoms with Gasteiger partial charge in [-0.1, -0.05) is 39.0 Å². The zero-order valence-electron chi connectivity index (χ0n) is 13.0. The van der Waals surface area contributed by atoms with E-state index in [0.717, 1.165) is 25.8 Å². The first kappa shape index (κ1) is 16.7. The number of rotatable bonds is 6. The SMILES string of the molecule is CCCC[C@H]1C(=O)N[C@@H](CS)C(=O)N1CC1CCCCC1. The van der Waals surface area contributed by atoms with Crippen LogP contribution in [0.3, 0.4) is 0 Å². The van der Waals surface area contributed by atoms with Crippen LogP contribution in [0.2, 0.25) is 0 Å². The van der Waals surface area contributed by atoms with E-state index in [1.807, 2.05) is 4.90 Å². The monoisotopic (exact) mass is 312 g/mol. The van der Waals surface area contributed by atoms with Crippen LogP contribution in [0.5, 0.6) is 0 Å². The third-order valence-electron chi connectivity index (χ3n) is 4.77. The Balaban J connectivity index is 2.07. The fourth-order valence-electron chi connectivity index (χ4n) is 3.50. The molecule has 0 unspecified atom stereocenters. The molecule has 1 aliphatic carbocycles. The molecule has 0 spiro atoms. The average Bonchev–Trinajstić information content (AvgIpc) is 2.51. The molecule has 2 aliphatic rings. The number of nitrogens with zero attached hydrogens (tertiary/aromatic N) is 1. The van der Waals surface area contributed by atoms with Gasteiger partial charge in [-0.3, -0.25) is 9.59 Å². The van der Waals surface area contributed by atoms with Gasteiger partial charge in [0.1, 0.15) is 12.1 Å². The second kappa shape index (κ2) is 8.06. The van der Waals surface area contributed by atoms with Crippen molar-refractivity contribution in [2.24, 2.45) is 5.92 Å². The lowest BCUT2D eigenvalue weighted by Gasteiger charge is -2.41. The van der Waals surface area contributed by atoms with E-state index in [9.17, 15) is 9.59 Å². The number of hydrogen-bond donors (Lipinski definition) is 2. The van der Waals surface area contributed by atoms with E-state index in [-0.39, 0.29) is 17.9 Å². The van der Waals surface area contributed by atoms with Crippen molar-refractivity contribution in [2.45, 2.75) is 70.4 Å². The molecule has 21 heavy (non-hydrogen) atoms. The number of thiol groups is 1. The normalized spacial score (nSPS) is 27.8. The minimum atomic E-state index is -0.442. The van der Waals surface area contributed by atoms with Gasteiger partial charge >= 0.3 is 0 Å². The molecule has 4 nitrogen and oxygen atoms in total. The Morgan fingerprint density at radius 1 is 1.24 bits per heavy atom. The van der Waals surface area contributed by atoms with Crippen molar-refractivity contribution in [3.63, 3.8) is 0 Å². The second-order valence-electron chi connectivity index (χ2n) is 6.40. The van der Waals surface area contributed by atoms with Crippen molar-refractivity contribution in [1.29, 1.82) is 0 Å². The van der Waals surface area contributed by atoms with E-state index in [0.29, 0.717) is 11.7 Å². The van der Waals surface area contributed by atoms with E-state index >= 15 is 0 Å². The molecule has 1 N–H and O–H groups in total. The Labute approximate surface area is 133 Å². The lowest BCUT2D eigenvalue weighted by Crippen LogP contribution is -2.64. The van der Waals surface area contributed by atoms with Crippen molar-refractivity contribution in [3.8, 4) is 0 Å². The third-order valence-corrected chi connectivity index (χ3v) is 5.14. The summed E-state index contributed by atoms with van der Waals surface area (Å²) < 4.78 is 0. The van der Waals surface area contributed by atoms with Crippen LogP contribution in [0.1, 0.15) is 58.3 Å². The molecule has 1 aliphatic heterocycles. The van der Waals surface area contributed by atoms with Gasteiger partial charge in [-0.05, 0) is 25.2 Å². The zero-order chi connectivity index (χ0) is 15.2. The molecule has 0 aromatic rings. The van der Waals surface area contributed by atoms with Crippen LogP contribution in [0.15, 0.2) is 0 Å². The number of amides is 2. The first-order valence-corrected chi connectivity index (χ1v) is 9.02. The zero-order valence-corrected chi connectivity index (χ0v) is 13.9. The highest BCUT2D eigenvalue weighted by molar-refractivity contribution is 7.80. The van der Waals surface area contributed by atoms with Crippen molar-refractivity contribution in [3.05, 3.63) is 0 Å². The summed E-state index contributed by atoms with van der Waals surface area (Å²) >= 11 is 4.21. The number of unbranched alkanes of at least 4 members (excludes halogenated alkanes) is 1. The summed E-state index contributed by atoms with van der Waals surface area (Å²) in [6.07, 6.45) is 9.02. The summed E-state index contributed by atoms with van der Waals surface area (Å²) in [5.74, 6) is 1.03. The largest absolute Gasteiger partial charge is 0.342 e. The molecule has 2 fully saturated rings. The van der Waals surface area contributed by atoms with E-state index in [2.05, 4.69) is 24.9 Å². The quantitative estimate of drug-likeness (QED) is 0.740. The fraction of sp³-hybridized carbons (Fsp3) is 0.875. The molecular formula is C16H28N2O2S. The molecule has 1 heterocycles. The fourth-order valence-corrected chi connectivity index (χ4v) is 3.75. The number of carbonyl (C=O) groups excluding carboxylic acids is 2. The van der Waals surface area contributed by atoms with Gasteiger partial charge in [-0.2, -0.15) is 12.6 Å². The van der Waals surface area contributed by atoms with Crippen molar-refractivity contribution < 1.29 is 9.59 Å². The molecule has 0 aromatic carbocycles. The van der Waals surface area contributed by atoms with Crippen molar-refractivity contribution in [2.75, 3.05) is 12.3 Å². The van der Waals surface area contributed by atoms with Gasteiger partial charge in [0, 0.05) is 12.3 Å². The molecule has 2 amide bonds. The summed E-state index contributed by atoms with van der Waals surface area (Å²) in [4.78, 5) is 26.8. The standard InChI is InChI=1S/C16H28N2O2S/c1-2-3-9-14-15(19)17-13(11-21)16(20)18(14)10-12-7-5-4-6-8-12/h12-14,21H,2-11H2,1H3,(H,17,19)/t13-,14-/m0/s1. The smallest absolute Gasteiger partial charge is 0.246 e. The Morgan fingerprint density at radius 3 is 2.57 bits per heavy atom. The molecule has 0 bridgehead atoms. The van der Waals surface area contributed by atoms with Gasteiger partial charge in [0.25, 0.3) is 0 Å². The van der Waals surface area contributed by atoms with Crippen LogP contribution in [0.4, 0.5) is 0 Å². The van der Waals surface area contributed by atoms with Crippen molar-refractivity contribution >= 4 is 24.4 Å². The topological polar surface area (TPSA) is 49.4 Å². The molecule has 0 aromatic heterocycles. The van der Waals surface area contributed by atoms with Crippen LogP contribution >= 0.6 is 12.6 Å². The molecule has 0 radical (unpaired) electrons. The predicted molar refractivity (Wildman–Crippen MR) is 87.4 cm³/mol. The first-order chi connectivity index (χ1) is 10.2. The number of piperazine rings is 1. The van der Waals surface area contributed by atoms with Crippen molar-refractivity contribution in [1.82, 2.24) is 10.2 Å². The minimum absolute atomic E-state index is 0.0120. The highest BCUT2D eigenvalue weighted by atomic mass is 32.1. The summed E-state index contributed by atoms with van der Waals surface area (Å²) in [5, 5.41) is 2.84. The number of hydrogen-bond acceptors (Lipinski definition) is 3. The maximum Gasteiger partial charge on any atom is 0.246 e.